The lowest BCUT2D eigenvalue weighted by atomic mass is 9.78. The van der Waals surface area contributed by atoms with Gasteiger partial charge in [-0.15, -0.1) is 0 Å². The van der Waals surface area contributed by atoms with Crippen LogP contribution in [0.5, 0.6) is 0 Å². The second-order valence-electron chi connectivity index (χ2n) is 8.25. The Morgan fingerprint density at radius 2 is 1.72 bits per heavy atom. The topological polar surface area (TPSA) is 76.0 Å². The van der Waals surface area contributed by atoms with Gasteiger partial charge in [0.1, 0.15) is 6.61 Å². The van der Waals surface area contributed by atoms with Crippen LogP contribution in [0, 0.1) is 0 Å². The van der Waals surface area contributed by atoms with E-state index in [2.05, 4.69) is 0 Å². The smallest absolute Gasteiger partial charge is 0.462 e. The van der Waals surface area contributed by atoms with Crippen LogP contribution in [0.15, 0.2) is 18.2 Å². The summed E-state index contributed by atoms with van der Waals surface area (Å²) < 4.78 is 24.6. The van der Waals surface area contributed by atoms with Crippen molar-refractivity contribution in [2.75, 3.05) is 6.61 Å². The quantitative estimate of drug-likeness (QED) is 0.567. The highest BCUT2D eigenvalue weighted by atomic mass is 16.7. The molecule has 156 valence electrons. The molecule has 0 unspecified atom stereocenters. The SMILES string of the molecule is CCOC(=O)c1c(COC(C)=O)n(C)c2cc(B3OC(C)(C)C(C)(C)O3)ccc12. The van der Waals surface area contributed by atoms with Gasteiger partial charge in [-0.25, -0.2) is 4.79 Å². The number of aromatic nitrogens is 1. The van der Waals surface area contributed by atoms with Gasteiger partial charge < -0.3 is 23.3 Å². The van der Waals surface area contributed by atoms with Gasteiger partial charge in [0.15, 0.2) is 0 Å². The molecule has 0 radical (unpaired) electrons. The lowest BCUT2D eigenvalue weighted by Gasteiger charge is -2.32. The first kappa shape index (κ1) is 21.4. The molecule has 1 aromatic carbocycles. The number of esters is 2. The molecule has 0 saturated carbocycles. The third-order valence-electron chi connectivity index (χ3n) is 5.76. The van der Waals surface area contributed by atoms with Crippen molar-refractivity contribution in [3.63, 3.8) is 0 Å². The number of hydrogen-bond acceptors (Lipinski definition) is 6. The van der Waals surface area contributed by atoms with Crippen molar-refractivity contribution in [1.29, 1.82) is 0 Å². The van der Waals surface area contributed by atoms with Gasteiger partial charge in [0.05, 0.1) is 29.1 Å². The Morgan fingerprint density at radius 3 is 2.28 bits per heavy atom. The normalized spacial score (nSPS) is 17.6. The molecule has 1 aliphatic rings. The summed E-state index contributed by atoms with van der Waals surface area (Å²) in [5.74, 6) is -0.855. The summed E-state index contributed by atoms with van der Waals surface area (Å²) in [7, 11) is 1.32. The molecular weight excluding hydrogens is 373 g/mol. The molecule has 8 heteroatoms. The zero-order chi connectivity index (χ0) is 21.6. The summed E-state index contributed by atoms with van der Waals surface area (Å²) in [6.45, 7) is 11.4. The summed E-state index contributed by atoms with van der Waals surface area (Å²) in [6.07, 6.45) is 0. The van der Waals surface area contributed by atoms with E-state index in [0.717, 1.165) is 16.4 Å². The molecule has 1 saturated heterocycles. The van der Waals surface area contributed by atoms with Crippen molar-refractivity contribution in [3.05, 3.63) is 29.5 Å². The Balaban J connectivity index is 2.08. The molecule has 2 aromatic rings. The Kier molecular flexibility index (Phi) is 5.53. The number of carbonyl (C=O) groups excluding carboxylic acids is 2. The highest BCUT2D eigenvalue weighted by Crippen LogP contribution is 2.37. The number of benzene rings is 1. The number of fused-ring (bicyclic) bond motifs is 1. The predicted octanol–water partition coefficient (Wildman–Crippen LogP) is 2.72. The van der Waals surface area contributed by atoms with Crippen LogP contribution in [-0.4, -0.2) is 41.4 Å². The number of hydrogen-bond donors (Lipinski definition) is 0. The molecule has 0 spiro atoms. The van der Waals surface area contributed by atoms with E-state index in [1.807, 2.05) is 57.5 Å². The van der Waals surface area contributed by atoms with Gasteiger partial charge in [0.2, 0.25) is 0 Å². The molecule has 0 amide bonds. The summed E-state index contributed by atoms with van der Waals surface area (Å²) in [5.41, 5.74) is 1.76. The highest BCUT2D eigenvalue weighted by molar-refractivity contribution is 6.62. The van der Waals surface area contributed by atoms with Gasteiger partial charge in [-0.1, -0.05) is 12.1 Å². The van der Waals surface area contributed by atoms with Crippen LogP contribution in [-0.2, 0) is 37.2 Å². The van der Waals surface area contributed by atoms with Crippen LogP contribution in [0.1, 0.15) is 57.6 Å². The average molecular weight is 401 g/mol. The van der Waals surface area contributed by atoms with Gasteiger partial charge in [-0.2, -0.15) is 0 Å². The summed E-state index contributed by atoms with van der Waals surface area (Å²) in [6, 6.07) is 5.69. The van der Waals surface area contributed by atoms with Crippen molar-refractivity contribution in [3.8, 4) is 0 Å². The average Bonchev–Trinajstić information content (AvgIpc) is 3.02. The molecule has 3 rings (SSSR count). The van der Waals surface area contributed by atoms with E-state index in [1.54, 1.807) is 6.92 Å². The van der Waals surface area contributed by atoms with E-state index in [4.69, 9.17) is 18.8 Å². The second-order valence-corrected chi connectivity index (χ2v) is 8.25. The van der Waals surface area contributed by atoms with Crippen molar-refractivity contribution >= 4 is 35.4 Å². The fourth-order valence-corrected chi connectivity index (χ4v) is 3.40. The van der Waals surface area contributed by atoms with Crippen molar-refractivity contribution in [1.82, 2.24) is 4.57 Å². The third kappa shape index (κ3) is 3.79. The van der Waals surface area contributed by atoms with E-state index >= 15 is 0 Å². The molecule has 0 atom stereocenters. The Hall–Kier alpha value is -2.32. The van der Waals surface area contributed by atoms with E-state index in [-0.39, 0.29) is 13.2 Å². The first-order chi connectivity index (χ1) is 13.5. The maximum Gasteiger partial charge on any atom is 0.494 e. The van der Waals surface area contributed by atoms with Crippen molar-refractivity contribution in [2.45, 2.75) is 59.4 Å². The number of aryl methyl sites for hydroxylation is 1. The van der Waals surface area contributed by atoms with Gasteiger partial charge >= 0.3 is 19.1 Å². The van der Waals surface area contributed by atoms with Crippen LogP contribution in [0.4, 0.5) is 0 Å². The van der Waals surface area contributed by atoms with Crippen LogP contribution >= 0.6 is 0 Å². The minimum atomic E-state index is -0.512. The molecular formula is C21H28BNO6. The zero-order valence-corrected chi connectivity index (χ0v) is 18.1. The molecule has 29 heavy (non-hydrogen) atoms. The van der Waals surface area contributed by atoms with Gasteiger partial charge in [-0.3, -0.25) is 4.79 Å². The summed E-state index contributed by atoms with van der Waals surface area (Å²) >= 11 is 0. The van der Waals surface area contributed by atoms with Gasteiger partial charge in [0, 0.05) is 24.9 Å². The maximum atomic E-state index is 12.6. The van der Waals surface area contributed by atoms with Crippen LogP contribution in [0.3, 0.4) is 0 Å². The third-order valence-corrected chi connectivity index (χ3v) is 5.76. The fourth-order valence-electron chi connectivity index (χ4n) is 3.40. The Morgan fingerprint density at radius 1 is 1.10 bits per heavy atom. The number of rotatable bonds is 5. The number of ether oxygens (including phenoxy) is 2. The standard InChI is InChI=1S/C21H28BNO6/c1-8-26-19(25)18-15-10-9-14(22-28-20(3,4)21(5,6)29-22)11-16(15)23(7)17(18)12-27-13(2)24/h9-11H,8,12H2,1-7H3. The second kappa shape index (κ2) is 7.50. The number of carbonyl (C=O) groups is 2. The molecule has 1 aliphatic heterocycles. The van der Waals surface area contributed by atoms with E-state index < -0.39 is 30.3 Å². The first-order valence-corrected chi connectivity index (χ1v) is 9.76. The zero-order valence-electron chi connectivity index (χ0n) is 18.1. The van der Waals surface area contributed by atoms with E-state index in [1.165, 1.54) is 6.92 Å². The van der Waals surface area contributed by atoms with Crippen LogP contribution in [0.2, 0.25) is 0 Å². The van der Waals surface area contributed by atoms with Crippen molar-refractivity contribution < 1.29 is 28.4 Å². The Labute approximate surface area is 171 Å². The summed E-state index contributed by atoms with van der Waals surface area (Å²) in [5, 5.41) is 0.730. The van der Waals surface area contributed by atoms with E-state index in [9.17, 15) is 9.59 Å². The van der Waals surface area contributed by atoms with Gasteiger partial charge in [0.25, 0.3) is 0 Å². The lowest BCUT2D eigenvalue weighted by Crippen LogP contribution is -2.41. The van der Waals surface area contributed by atoms with Crippen molar-refractivity contribution in [2.24, 2.45) is 7.05 Å². The summed E-state index contributed by atoms with van der Waals surface area (Å²) in [4.78, 5) is 23.9. The molecule has 0 N–H and O–H groups in total. The maximum absolute atomic E-state index is 12.6. The number of nitrogens with zero attached hydrogens (tertiary/aromatic N) is 1. The highest BCUT2D eigenvalue weighted by Gasteiger charge is 2.51. The van der Waals surface area contributed by atoms with Crippen LogP contribution in [0.25, 0.3) is 10.9 Å². The van der Waals surface area contributed by atoms with Crippen LogP contribution < -0.4 is 5.46 Å². The predicted molar refractivity (Wildman–Crippen MR) is 110 cm³/mol. The molecule has 7 nitrogen and oxygen atoms in total. The lowest BCUT2D eigenvalue weighted by molar-refractivity contribution is -0.142. The minimum absolute atomic E-state index is 0.0134. The minimum Gasteiger partial charge on any atom is -0.462 e. The van der Waals surface area contributed by atoms with Gasteiger partial charge in [-0.05, 0) is 46.1 Å². The molecule has 0 aliphatic carbocycles. The monoisotopic (exact) mass is 401 g/mol. The Bertz CT molecular complexity index is 946. The molecule has 1 aromatic heterocycles. The molecule has 0 bridgehead atoms. The molecule has 1 fully saturated rings. The molecule has 2 heterocycles. The van der Waals surface area contributed by atoms with E-state index in [0.29, 0.717) is 11.3 Å². The first-order valence-electron chi connectivity index (χ1n) is 9.76. The largest absolute Gasteiger partial charge is 0.494 e. The fraction of sp³-hybridized carbons (Fsp3) is 0.524.